The third kappa shape index (κ3) is 5.95. The minimum atomic E-state index is -0.618. The quantitative estimate of drug-likeness (QED) is 0.151. The van der Waals surface area contributed by atoms with Gasteiger partial charge in [-0.2, -0.15) is 0 Å². The second-order valence-corrected chi connectivity index (χ2v) is 16.9. The highest BCUT2D eigenvalue weighted by atomic mass is 15.1. The molecule has 0 amide bonds. The van der Waals surface area contributed by atoms with E-state index in [9.17, 15) is 0 Å². The molecule has 2 heteroatoms. The molecule has 10 aromatic carbocycles. The third-order valence-corrected chi connectivity index (χ3v) is 13.5. The molecule has 2 nitrogen and oxygen atoms in total. The fourth-order valence-electron chi connectivity index (χ4n) is 10.5. The van der Waals surface area contributed by atoms with Gasteiger partial charge in [0.1, 0.15) is 0 Å². The molecule has 12 rings (SSSR count). The van der Waals surface area contributed by atoms with Gasteiger partial charge in [-0.3, -0.25) is 0 Å². The van der Waals surface area contributed by atoms with Gasteiger partial charge in [0, 0.05) is 35.4 Å². The monoisotopic (exact) mass is 816 g/mol. The molecular weight excluding hydrogens is 773 g/mol. The molecule has 0 saturated carbocycles. The van der Waals surface area contributed by atoms with Crippen LogP contribution in [0, 0.1) is 0 Å². The lowest BCUT2D eigenvalue weighted by atomic mass is 9.70. The normalized spacial score (nSPS) is 14.1. The maximum Gasteiger partial charge on any atom is 0.0727 e. The molecule has 0 bridgehead atoms. The van der Waals surface area contributed by atoms with Gasteiger partial charge in [-0.15, -0.1) is 0 Å². The van der Waals surface area contributed by atoms with Gasteiger partial charge in [0.2, 0.25) is 0 Å². The fourth-order valence-corrected chi connectivity index (χ4v) is 10.5. The summed E-state index contributed by atoms with van der Waals surface area (Å²) in [7, 11) is 2.18. The zero-order valence-corrected chi connectivity index (χ0v) is 35.6. The number of fused-ring (bicyclic) bond motifs is 10. The molecule has 0 N–H and O–H groups in total. The SMILES string of the molecule is CN(c1ccccc1)c1ccc2c(c1)C1(c3ccccc3-2)c2cc(-c3ccc(-c4ccccc4)cc3)ccc2-c2cc(-c3ccccc3)c(N(c3ccccc3)c3ccccc3)cc21. The van der Waals surface area contributed by atoms with Crippen LogP contribution in [0.15, 0.2) is 249 Å². The third-order valence-electron chi connectivity index (χ3n) is 13.5. The first kappa shape index (κ1) is 37.6. The largest absolute Gasteiger partial charge is 0.345 e. The molecule has 0 aliphatic heterocycles. The molecule has 1 spiro atoms. The van der Waals surface area contributed by atoms with Crippen LogP contribution in [0.5, 0.6) is 0 Å². The molecule has 64 heavy (non-hydrogen) atoms. The van der Waals surface area contributed by atoms with Crippen LogP contribution >= 0.6 is 0 Å². The molecule has 1 atom stereocenters. The number of hydrogen-bond donors (Lipinski definition) is 0. The van der Waals surface area contributed by atoms with Crippen molar-refractivity contribution < 1.29 is 0 Å². The van der Waals surface area contributed by atoms with E-state index in [1.165, 1.54) is 77.9 Å². The van der Waals surface area contributed by atoms with E-state index in [2.05, 4.69) is 266 Å². The first-order valence-electron chi connectivity index (χ1n) is 22.1. The zero-order chi connectivity index (χ0) is 42.6. The standard InChI is InChI=1S/C62H44N2/c1-63(48-23-11-4-12-24-48)51-36-38-53-52-29-17-18-30-57(52)62(59(53)40-51)58-39-47(45-33-31-44(32-34-45)43-19-7-2-8-20-43)35-37-54(58)56-41-55(46-21-9-3-10-22-46)61(42-60(56)62)64(49-25-13-5-14-26-49)50-27-15-6-16-28-50/h2-42H,1H3. The summed E-state index contributed by atoms with van der Waals surface area (Å²) < 4.78 is 0. The minimum absolute atomic E-state index is 0.618. The van der Waals surface area contributed by atoms with E-state index in [1.807, 2.05) is 0 Å². The van der Waals surface area contributed by atoms with Gasteiger partial charge in [0.25, 0.3) is 0 Å². The molecule has 10 aromatic rings. The van der Waals surface area contributed by atoms with E-state index in [1.54, 1.807) is 0 Å². The van der Waals surface area contributed by atoms with Crippen molar-refractivity contribution in [3.8, 4) is 55.6 Å². The maximum absolute atomic E-state index is 2.53. The fraction of sp³-hybridized carbons (Fsp3) is 0.0323. The van der Waals surface area contributed by atoms with Gasteiger partial charge < -0.3 is 9.80 Å². The Morgan fingerprint density at radius 3 is 1.34 bits per heavy atom. The van der Waals surface area contributed by atoms with Crippen LogP contribution in [0.25, 0.3) is 55.6 Å². The van der Waals surface area contributed by atoms with Crippen molar-refractivity contribution in [2.24, 2.45) is 0 Å². The molecule has 0 radical (unpaired) electrons. The van der Waals surface area contributed by atoms with Crippen LogP contribution in [0.1, 0.15) is 22.3 Å². The second-order valence-electron chi connectivity index (χ2n) is 16.9. The van der Waals surface area contributed by atoms with E-state index in [0.717, 1.165) is 28.4 Å². The highest BCUT2D eigenvalue weighted by Gasteiger charge is 2.52. The van der Waals surface area contributed by atoms with Crippen LogP contribution in [0.2, 0.25) is 0 Å². The molecule has 302 valence electrons. The first-order valence-corrected chi connectivity index (χ1v) is 22.1. The lowest BCUT2D eigenvalue weighted by Gasteiger charge is -2.34. The van der Waals surface area contributed by atoms with Crippen molar-refractivity contribution in [2.45, 2.75) is 5.41 Å². The molecule has 2 aliphatic carbocycles. The van der Waals surface area contributed by atoms with E-state index >= 15 is 0 Å². The number of nitrogens with zero attached hydrogens (tertiary/aromatic N) is 2. The van der Waals surface area contributed by atoms with Crippen LogP contribution in [-0.4, -0.2) is 7.05 Å². The molecule has 0 saturated heterocycles. The Kier molecular flexibility index (Phi) is 8.98. The van der Waals surface area contributed by atoms with Crippen LogP contribution in [0.4, 0.5) is 28.4 Å². The second kappa shape index (κ2) is 15.3. The Labute approximate surface area is 375 Å². The van der Waals surface area contributed by atoms with Crippen molar-refractivity contribution in [3.63, 3.8) is 0 Å². The summed E-state index contributed by atoms with van der Waals surface area (Å²) in [6.45, 7) is 0. The molecule has 0 aromatic heterocycles. The molecular formula is C62H44N2. The Morgan fingerprint density at radius 2 is 0.703 bits per heavy atom. The van der Waals surface area contributed by atoms with Gasteiger partial charge in [-0.25, -0.2) is 0 Å². The Bertz CT molecular complexity index is 3270. The molecule has 1 unspecified atom stereocenters. The smallest absolute Gasteiger partial charge is 0.0727 e. The van der Waals surface area contributed by atoms with Gasteiger partial charge in [-0.05, 0) is 139 Å². The Balaban J connectivity index is 1.16. The average molecular weight is 817 g/mol. The summed E-state index contributed by atoms with van der Waals surface area (Å²) in [5.41, 5.74) is 22.5. The van der Waals surface area contributed by atoms with Crippen molar-refractivity contribution in [1.82, 2.24) is 0 Å². The number of hydrogen-bond acceptors (Lipinski definition) is 2. The topological polar surface area (TPSA) is 6.48 Å². The molecule has 0 heterocycles. The van der Waals surface area contributed by atoms with Crippen LogP contribution in [-0.2, 0) is 5.41 Å². The zero-order valence-electron chi connectivity index (χ0n) is 35.6. The number of rotatable bonds is 8. The Hall–Kier alpha value is -8.20. The summed E-state index contributed by atoms with van der Waals surface area (Å²) in [6, 6.07) is 91.5. The summed E-state index contributed by atoms with van der Waals surface area (Å²) in [5, 5.41) is 0. The minimum Gasteiger partial charge on any atom is -0.345 e. The number of para-hydroxylation sites is 3. The number of benzene rings is 10. The van der Waals surface area contributed by atoms with Gasteiger partial charge >= 0.3 is 0 Å². The average Bonchev–Trinajstić information content (AvgIpc) is 3.83. The van der Waals surface area contributed by atoms with Gasteiger partial charge in [-0.1, -0.05) is 182 Å². The lowest BCUT2D eigenvalue weighted by Crippen LogP contribution is -2.27. The predicted octanol–water partition coefficient (Wildman–Crippen LogP) is 16.3. The van der Waals surface area contributed by atoms with E-state index in [-0.39, 0.29) is 0 Å². The van der Waals surface area contributed by atoms with E-state index in [4.69, 9.17) is 0 Å². The van der Waals surface area contributed by atoms with Gasteiger partial charge in [0.15, 0.2) is 0 Å². The molecule has 2 aliphatic rings. The predicted molar refractivity (Wildman–Crippen MR) is 268 cm³/mol. The highest BCUT2D eigenvalue weighted by Crippen LogP contribution is 2.65. The van der Waals surface area contributed by atoms with E-state index < -0.39 is 5.41 Å². The summed E-state index contributed by atoms with van der Waals surface area (Å²) in [5.74, 6) is 0. The Morgan fingerprint density at radius 1 is 0.266 bits per heavy atom. The summed E-state index contributed by atoms with van der Waals surface area (Å²) >= 11 is 0. The summed E-state index contributed by atoms with van der Waals surface area (Å²) in [6.07, 6.45) is 0. The number of anilines is 5. The highest BCUT2D eigenvalue weighted by molar-refractivity contribution is 6.01. The lowest BCUT2D eigenvalue weighted by molar-refractivity contribution is 0.793. The van der Waals surface area contributed by atoms with Crippen molar-refractivity contribution in [1.29, 1.82) is 0 Å². The van der Waals surface area contributed by atoms with Crippen molar-refractivity contribution in [2.75, 3.05) is 16.8 Å². The van der Waals surface area contributed by atoms with Crippen LogP contribution in [0.3, 0.4) is 0 Å². The van der Waals surface area contributed by atoms with E-state index in [0.29, 0.717) is 0 Å². The maximum atomic E-state index is 2.53. The van der Waals surface area contributed by atoms with Crippen molar-refractivity contribution in [3.05, 3.63) is 271 Å². The molecule has 0 fully saturated rings. The van der Waals surface area contributed by atoms with Gasteiger partial charge in [0.05, 0.1) is 11.1 Å². The summed E-state index contributed by atoms with van der Waals surface area (Å²) in [4.78, 5) is 4.76. The first-order chi connectivity index (χ1) is 31.7. The van der Waals surface area contributed by atoms with Crippen molar-refractivity contribution >= 4 is 28.4 Å². The van der Waals surface area contributed by atoms with Crippen LogP contribution < -0.4 is 9.80 Å².